The summed E-state index contributed by atoms with van der Waals surface area (Å²) in [7, 11) is 0. The third-order valence-corrected chi connectivity index (χ3v) is 2.41. The largest absolute Gasteiger partial charge is 0.485 e. The summed E-state index contributed by atoms with van der Waals surface area (Å²) in [6.07, 6.45) is 1.28. The average Bonchev–Trinajstić information content (AvgIpc) is 2.72. The third kappa shape index (κ3) is 2.56. The van der Waals surface area contributed by atoms with E-state index in [1.165, 1.54) is 6.39 Å². The zero-order valence-electron chi connectivity index (χ0n) is 8.11. The average molecular weight is 269 g/mol. The summed E-state index contributed by atoms with van der Waals surface area (Å²) in [6, 6.07) is 5.86. The summed E-state index contributed by atoms with van der Waals surface area (Å²) in [5, 5.41) is 3.66. The molecule has 15 heavy (non-hydrogen) atoms. The van der Waals surface area contributed by atoms with E-state index in [4.69, 9.17) is 4.74 Å². The summed E-state index contributed by atoms with van der Waals surface area (Å²) < 4.78 is 11.1. The van der Waals surface area contributed by atoms with Gasteiger partial charge in [-0.2, -0.15) is 4.98 Å². The molecule has 0 fully saturated rings. The topological polar surface area (TPSA) is 48.2 Å². The second kappa shape index (κ2) is 4.44. The van der Waals surface area contributed by atoms with Gasteiger partial charge >= 0.3 is 0 Å². The molecule has 2 aromatic rings. The van der Waals surface area contributed by atoms with E-state index < -0.39 is 0 Å². The minimum absolute atomic E-state index is 0.313. The molecule has 5 heteroatoms. The zero-order valence-corrected chi connectivity index (χ0v) is 9.69. The minimum Gasteiger partial charge on any atom is -0.485 e. The Morgan fingerprint density at radius 2 is 2.33 bits per heavy atom. The van der Waals surface area contributed by atoms with E-state index in [1.807, 2.05) is 25.1 Å². The van der Waals surface area contributed by atoms with Gasteiger partial charge in [-0.05, 0) is 24.6 Å². The fourth-order valence-electron chi connectivity index (χ4n) is 1.13. The molecule has 0 amide bonds. The Balaban J connectivity index is 2.07. The molecule has 0 saturated heterocycles. The molecule has 0 unspecified atom stereocenters. The summed E-state index contributed by atoms with van der Waals surface area (Å²) in [6.45, 7) is 2.30. The van der Waals surface area contributed by atoms with Gasteiger partial charge in [-0.3, -0.25) is 0 Å². The molecule has 1 aromatic carbocycles. The highest BCUT2D eigenvalue weighted by Gasteiger charge is 2.03. The summed E-state index contributed by atoms with van der Waals surface area (Å²) in [5.41, 5.74) is 1.07. The Morgan fingerprint density at radius 1 is 1.47 bits per heavy atom. The Labute approximate surface area is 95.4 Å². The molecule has 2 rings (SSSR count). The van der Waals surface area contributed by atoms with Crippen molar-refractivity contribution in [3.8, 4) is 5.75 Å². The van der Waals surface area contributed by atoms with Crippen LogP contribution in [-0.4, -0.2) is 10.1 Å². The number of hydrogen-bond acceptors (Lipinski definition) is 4. The van der Waals surface area contributed by atoms with Crippen LogP contribution in [0.1, 0.15) is 11.4 Å². The van der Waals surface area contributed by atoms with Crippen molar-refractivity contribution in [2.24, 2.45) is 0 Å². The van der Waals surface area contributed by atoms with E-state index in [0.29, 0.717) is 12.4 Å². The minimum atomic E-state index is 0.313. The van der Waals surface area contributed by atoms with Crippen molar-refractivity contribution in [3.63, 3.8) is 0 Å². The maximum absolute atomic E-state index is 5.55. The van der Waals surface area contributed by atoms with Crippen LogP contribution in [0.3, 0.4) is 0 Å². The van der Waals surface area contributed by atoms with Crippen LogP contribution < -0.4 is 4.74 Å². The number of halogens is 1. The summed E-state index contributed by atoms with van der Waals surface area (Å²) in [4.78, 5) is 3.87. The van der Waals surface area contributed by atoms with Gasteiger partial charge in [-0.1, -0.05) is 27.2 Å². The first-order valence-electron chi connectivity index (χ1n) is 4.40. The summed E-state index contributed by atoms with van der Waals surface area (Å²) in [5.74, 6) is 1.35. The fraction of sp³-hybridized carbons (Fsp3) is 0.200. The standard InChI is InChI=1S/C10H9BrN2O2/c1-7-2-3-8(11)4-9(7)14-5-10-12-6-15-13-10/h2-4,6H,5H2,1H3. The highest BCUT2D eigenvalue weighted by atomic mass is 79.9. The van der Waals surface area contributed by atoms with Gasteiger partial charge in [-0.15, -0.1) is 0 Å². The van der Waals surface area contributed by atoms with E-state index in [2.05, 4.69) is 30.6 Å². The Morgan fingerprint density at radius 3 is 3.07 bits per heavy atom. The van der Waals surface area contributed by atoms with Gasteiger partial charge in [-0.25, -0.2) is 0 Å². The molecule has 0 aliphatic carbocycles. The SMILES string of the molecule is Cc1ccc(Br)cc1OCc1ncon1. The molecule has 0 aliphatic rings. The van der Waals surface area contributed by atoms with Gasteiger partial charge in [0, 0.05) is 4.47 Å². The molecule has 1 heterocycles. The van der Waals surface area contributed by atoms with Gasteiger partial charge in [0.25, 0.3) is 0 Å². The smallest absolute Gasteiger partial charge is 0.213 e. The van der Waals surface area contributed by atoms with Crippen molar-refractivity contribution in [2.75, 3.05) is 0 Å². The Hall–Kier alpha value is -1.36. The maximum atomic E-state index is 5.55. The van der Waals surface area contributed by atoms with Gasteiger partial charge in [0.15, 0.2) is 6.61 Å². The highest BCUT2D eigenvalue weighted by Crippen LogP contribution is 2.23. The molecule has 0 N–H and O–H groups in total. The molecular weight excluding hydrogens is 260 g/mol. The quantitative estimate of drug-likeness (QED) is 0.859. The Bertz CT molecular complexity index is 443. The normalized spacial score (nSPS) is 10.3. The maximum Gasteiger partial charge on any atom is 0.213 e. The van der Waals surface area contributed by atoms with Crippen molar-refractivity contribution >= 4 is 15.9 Å². The van der Waals surface area contributed by atoms with Crippen LogP contribution in [0, 0.1) is 6.92 Å². The lowest BCUT2D eigenvalue weighted by molar-refractivity contribution is 0.284. The van der Waals surface area contributed by atoms with Crippen molar-refractivity contribution in [1.82, 2.24) is 10.1 Å². The van der Waals surface area contributed by atoms with E-state index in [1.54, 1.807) is 0 Å². The van der Waals surface area contributed by atoms with Crippen molar-refractivity contribution in [3.05, 3.63) is 40.5 Å². The van der Waals surface area contributed by atoms with Crippen LogP contribution in [0.15, 0.2) is 33.6 Å². The van der Waals surface area contributed by atoms with E-state index >= 15 is 0 Å². The zero-order chi connectivity index (χ0) is 10.7. The van der Waals surface area contributed by atoms with Gasteiger partial charge < -0.3 is 9.26 Å². The van der Waals surface area contributed by atoms with Crippen LogP contribution in [-0.2, 0) is 6.61 Å². The van der Waals surface area contributed by atoms with Crippen molar-refractivity contribution in [1.29, 1.82) is 0 Å². The number of aromatic nitrogens is 2. The molecule has 4 nitrogen and oxygen atoms in total. The lowest BCUT2D eigenvalue weighted by Gasteiger charge is -2.06. The molecule has 1 aromatic heterocycles. The number of hydrogen-bond donors (Lipinski definition) is 0. The van der Waals surface area contributed by atoms with Crippen molar-refractivity contribution < 1.29 is 9.26 Å². The Kier molecular flexibility index (Phi) is 3.01. The summed E-state index contributed by atoms with van der Waals surface area (Å²) >= 11 is 3.39. The second-order valence-corrected chi connectivity index (χ2v) is 3.96. The van der Waals surface area contributed by atoms with Crippen LogP contribution in [0.4, 0.5) is 0 Å². The number of rotatable bonds is 3. The molecule has 0 bridgehead atoms. The van der Waals surface area contributed by atoms with Crippen LogP contribution in [0.2, 0.25) is 0 Å². The molecule has 78 valence electrons. The number of ether oxygens (including phenoxy) is 1. The number of aryl methyl sites for hydroxylation is 1. The fourth-order valence-corrected chi connectivity index (χ4v) is 1.47. The molecule has 0 radical (unpaired) electrons. The number of nitrogens with zero attached hydrogens (tertiary/aromatic N) is 2. The second-order valence-electron chi connectivity index (χ2n) is 3.05. The van der Waals surface area contributed by atoms with E-state index in [0.717, 1.165) is 15.8 Å². The molecule has 0 atom stereocenters. The van der Waals surface area contributed by atoms with Crippen LogP contribution in [0.5, 0.6) is 5.75 Å². The van der Waals surface area contributed by atoms with Crippen LogP contribution >= 0.6 is 15.9 Å². The van der Waals surface area contributed by atoms with Gasteiger partial charge in [0.05, 0.1) is 0 Å². The van der Waals surface area contributed by atoms with Crippen LogP contribution in [0.25, 0.3) is 0 Å². The first-order valence-corrected chi connectivity index (χ1v) is 5.19. The predicted octanol–water partition coefficient (Wildman–Crippen LogP) is 2.72. The third-order valence-electron chi connectivity index (χ3n) is 1.91. The monoisotopic (exact) mass is 268 g/mol. The molecular formula is C10H9BrN2O2. The first kappa shape index (κ1) is 10.2. The lowest BCUT2D eigenvalue weighted by atomic mass is 10.2. The predicted molar refractivity (Wildman–Crippen MR) is 57.5 cm³/mol. The molecule has 0 spiro atoms. The van der Waals surface area contributed by atoms with Gasteiger partial charge in [0.1, 0.15) is 5.75 Å². The van der Waals surface area contributed by atoms with E-state index in [-0.39, 0.29) is 0 Å². The van der Waals surface area contributed by atoms with Crippen molar-refractivity contribution in [2.45, 2.75) is 13.5 Å². The van der Waals surface area contributed by atoms with Gasteiger partial charge in [0.2, 0.25) is 12.2 Å². The molecule has 0 aliphatic heterocycles. The van der Waals surface area contributed by atoms with E-state index in [9.17, 15) is 0 Å². The molecule has 0 saturated carbocycles. The number of benzene rings is 1. The lowest BCUT2D eigenvalue weighted by Crippen LogP contribution is -1.98. The first-order chi connectivity index (χ1) is 7.25. The highest BCUT2D eigenvalue weighted by molar-refractivity contribution is 9.10.